The largest absolute Gasteiger partial charge is 0.378 e. The minimum absolute atomic E-state index is 0. The summed E-state index contributed by atoms with van der Waals surface area (Å²) in [5.41, 5.74) is 0. The summed E-state index contributed by atoms with van der Waals surface area (Å²) in [4.78, 5) is 11.7. The first-order valence-corrected chi connectivity index (χ1v) is 6.34. The average Bonchev–Trinajstić information content (AvgIpc) is 3.02. The number of rotatable bonds is 5. The third kappa shape index (κ3) is 5.70. The van der Waals surface area contributed by atoms with Crippen LogP contribution < -0.4 is 10.6 Å². The SMILES string of the molecule is CC(CC1CC1)NC(=O)CC1COCCN1.Cl. The topological polar surface area (TPSA) is 50.4 Å². The molecule has 1 aliphatic heterocycles. The van der Waals surface area contributed by atoms with Crippen LogP contribution in [0.5, 0.6) is 0 Å². The van der Waals surface area contributed by atoms with E-state index in [-0.39, 0.29) is 24.4 Å². The predicted molar refractivity (Wildman–Crippen MR) is 69.4 cm³/mol. The van der Waals surface area contributed by atoms with Crippen molar-refractivity contribution < 1.29 is 9.53 Å². The highest BCUT2D eigenvalue weighted by molar-refractivity contribution is 5.85. The minimum Gasteiger partial charge on any atom is -0.378 e. The van der Waals surface area contributed by atoms with Crippen molar-refractivity contribution in [3.8, 4) is 0 Å². The first kappa shape index (κ1) is 14.7. The van der Waals surface area contributed by atoms with Gasteiger partial charge < -0.3 is 15.4 Å². The van der Waals surface area contributed by atoms with Crippen LogP contribution in [0, 0.1) is 5.92 Å². The molecule has 1 heterocycles. The molecule has 2 atom stereocenters. The number of nitrogens with one attached hydrogen (secondary N) is 2. The molecular formula is C12H23ClN2O2. The quantitative estimate of drug-likeness (QED) is 0.780. The molecule has 0 aromatic rings. The lowest BCUT2D eigenvalue weighted by atomic mass is 10.1. The fourth-order valence-electron chi connectivity index (χ4n) is 2.22. The normalized spacial score (nSPS) is 25.8. The summed E-state index contributed by atoms with van der Waals surface area (Å²) in [7, 11) is 0. The van der Waals surface area contributed by atoms with Gasteiger partial charge in [-0.25, -0.2) is 0 Å². The van der Waals surface area contributed by atoms with Crippen LogP contribution in [0.2, 0.25) is 0 Å². The van der Waals surface area contributed by atoms with Gasteiger partial charge in [0.15, 0.2) is 0 Å². The lowest BCUT2D eigenvalue weighted by molar-refractivity contribution is -0.122. The van der Waals surface area contributed by atoms with Crippen LogP contribution in [-0.4, -0.2) is 37.7 Å². The van der Waals surface area contributed by atoms with Crippen LogP contribution >= 0.6 is 12.4 Å². The maximum absolute atomic E-state index is 11.7. The second-order valence-corrected chi connectivity index (χ2v) is 5.08. The molecule has 100 valence electrons. The monoisotopic (exact) mass is 262 g/mol. The van der Waals surface area contributed by atoms with Gasteiger partial charge in [-0.05, 0) is 19.3 Å². The van der Waals surface area contributed by atoms with Gasteiger partial charge in [0.05, 0.1) is 13.2 Å². The van der Waals surface area contributed by atoms with Crippen LogP contribution in [0.1, 0.15) is 32.6 Å². The molecule has 2 fully saturated rings. The highest BCUT2D eigenvalue weighted by atomic mass is 35.5. The third-order valence-corrected chi connectivity index (χ3v) is 3.22. The molecule has 0 radical (unpaired) electrons. The van der Waals surface area contributed by atoms with Gasteiger partial charge in [0.2, 0.25) is 5.91 Å². The fraction of sp³-hybridized carbons (Fsp3) is 0.917. The molecule has 2 aliphatic rings. The highest BCUT2D eigenvalue weighted by Gasteiger charge is 2.24. The first-order valence-electron chi connectivity index (χ1n) is 6.34. The summed E-state index contributed by atoms with van der Waals surface area (Å²) < 4.78 is 5.32. The molecule has 0 aromatic heterocycles. The molecule has 5 heteroatoms. The number of hydrogen-bond acceptors (Lipinski definition) is 3. The maximum Gasteiger partial charge on any atom is 0.221 e. The molecule has 1 saturated carbocycles. The molecule has 17 heavy (non-hydrogen) atoms. The standard InChI is InChI=1S/C12H22N2O2.ClH/c1-9(6-10-2-3-10)14-12(15)7-11-8-16-5-4-13-11;/h9-11,13H,2-8H2,1H3,(H,14,15);1H. The van der Waals surface area contributed by atoms with Gasteiger partial charge in [0.1, 0.15) is 0 Å². The molecule has 2 rings (SSSR count). The van der Waals surface area contributed by atoms with Crippen molar-refractivity contribution >= 4 is 18.3 Å². The maximum atomic E-state index is 11.7. The highest BCUT2D eigenvalue weighted by Crippen LogP contribution is 2.33. The number of morpholine rings is 1. The van der Waals surface area contributed by atoms with E-state index in [2.05, 4.69) is 17.6 Å². The van der Waals surface area contributed by atoms with E-state index in [0.29, 0.717) is 19.1 Å². The van der Waals surface area contributed by atoms with E-state index in [4.69, 9.17) is 4.74 Å². The Kier molecular flexibility index (Phi) is 6.23. The smallest absolute Gasteiger partial charge is 0.221 e. The Bertz CT molecular complexity index is 241. The van der Waals surface area contributed by atoms with E-state index in [1.165, 1.54) is 12.8 Å². The lowest BCUT2D eigenvalue weighted by Crippen LogP contribution is -2.45. The molecule has 0 bridgehead atoms. The van der Waals surface area contributed by atoms with E-state index < -0.39 is 0 Å². The second kappa shape index (κ2) is 7.19. The van der Waals surface area contributed by atoms with Gasteiger partial charge in [-0.2, -0.15) is 0 Å². The minimum atomic E-state index is 0. The Balaban J connectivity index is 0.00000144. The Hall–Kier alpha value is -0.320. The zero-order valence-corrected chi connectivity index (χ0v) is 11.2. The summed E-state index contributed by atoms with van der Waals surface area (Å²) in [5, 5.41) is 6.35. The van der Waals surface area contributed by atoms with E-state index >= 15 is 0 Å². The summed E-state index contributed by atoms with van der Waals surface area (Å²) in [6, 6.07) is 0.520. The lowest BCUT2D eigenvalue weighted by Gasteiger charge is -2.24. The van der Waals surface area contributed by atoms with E-state index in [0.717, 1.165) is 25.5 Å². The molecule has 4 nitrogen and oxygen atoms in total. The Labute approximate surface area is 109 Å². The van der Waals surface area contributed by atoms with Crippen LogP contribution in [0.15, 0.2) is 0 Å². The van der Waals surface area contributed by atoms with E-state index in [1.54, 1.807) is 0 Å². The number of halogens is 1. The van der Waals surface area contributed by atoms with Crippen molar-refractivity contribution in [2.45, 2.75) is 44.7 Å². The van der Waals surface area contributed by atoms with E-state index in [9.17, 15) is 4.79 Å². The molecular weight excluding hydrogens is 240 g/mol. The van der Waals surface area contributed by atoms with E-state index in [1.807, 2.05) is 0 Å². The van der Waals surface area contributed by atoms with Crippen LogP contribution in [0.25, 0.3) is 0 Å². The number of carbonyl (C=O) groups is 1. The van der Waals surface area contributed by atoms with Gasteiger partial charge in [-0.3, -0.25) is 4.79 Å². The molecule has 0 spiro atoms. The molecule has 2 unspecified atom stereocenters. The zero-order chi connectivity index (χ0) is 11.4. The summed E-state index contributed by atoms with van der Waals surface area (Å²) in [6.45, 7) is 4.37. The average molecular weight is 263 g/mol. The summed E-state index contributed by atoms with van der Waals surface area (Å²) >= 11 is 0. The number of hydrogen-bond donors (Lipinski definition) is 2. The molecule has 1 aliphatic carbocycles. The van der Waals surface area contributed by atoms with Crippen LogP contribution in [0.3, 0.4) is 0 Å². The Morgan fingerprint density at radius 3 is 2.88 bits per heavy atom. The summed E-state index contributed by atoms with van der Waals surface area (Å²) in [6.07, 6.45) is 4.37. The van der Waals surface area contributed by atoms with Gasteiger partial charge in [-0.15, -0.1) is 12.4 Å². The van der Waals surface area contributed by atoms with Crippen LogP contribution in [0.4, 0.5) is 0 Å². The van der Waals surface area contributed by atoms with Crippen molar-refractivity contribution in [3.63, 3.8) is 0 Å². The van der Waals surface area contributed by atoms with Crippen molar-refractivity contribution in [3.05, 3.63) is 0 Å². The zero-order valence-electron chi connectivity index (χ0n) is 10.4. The predicted octanol–water partition coefficient (Wildman–Crippen LogP) is 1.09. The summed E-state index contributed by atoms with van der Waals surface area (Å²) in [5.74, 6) is 1.02. The molecule has 1 amide bonds. The van der Waals surface area contributed by atoms with Crippen molar-refractivity contribution in [2.75, 3.05) is 19.8 Å². The number of carbonyl (C=O) groups excluding carboxylic acids is 1. The Morgan fingerprint density at radius 1 is 1.53 bits per heavy atom. The van der Waals surface area contributed by atoms with Gasteiger partial charge >= 0.3 is 0 Å². The van der Waals surface area contributed by atoms with Crippen molar-refractivity contribution in [1.29, 1.82) is 0 Å². The van der Waals surface area contributed by atoms with Crippen LogP contribution in [-0.2, 0) is 9.53 Å². The molecule has 0 aromatic carbocycles. The van der Waals surface area contributed by atoms with Gasteiger partial charge in [0.25, 0.3) is 0 Å². The Morgan fingerprint density at radius 2 is 2.29 bits per heavy atom. The first-order chi connectivity index (χ1) is 7.74. The fourth-order valence-corrected chi connectivity index (χ4v) is 2.22. The number of amides is 1. The van der Waals surface area contributed by atoms with Gasteiger partial charge in [0, 0.05) is 25.0 Å². The van der Waals surface area contributed by atoms with Crippen molar-refractivity contribution in [2.24, 2.45) is 5.92 Å². The number of ether oxygens (including phenoxy) is 1. The second-order valence-electron chi connectivity index (χ2n) is 5.08. The third-order valence-electron chi connectivity index (χ3n) is 3.22. The van der Waals surface area contributed by atoms with Crippen molar-refractivity contribution in [1.82, 2.24) is 10.6 Å². The molecule has 2 N–H and O–H groups in total. The van der Waals surface area contributed by atoms with Gasteiger partial charge in [-0.1, -0.05) is 12.8 Å². The molecule has 1 saturated heterocycles.